The number of amides is 1. The standard InChI is InChI=1S/C16H22N2O5/c1-4-23-15-10-13(18(20)21)12(9-14(15)22-3)16(19)17(2)11-7-5-6-8-11/h9-11H,4-8H2,1-3H3. The molecule has 1 aromatic carbocycles. The number of carbonyl (C=O) groups excluding carboxylic acids is 1. The Bertz CT molecular complexity index is 596. The first-order valence-electron chi connectivity index (χ1n) is 7.76. The maximum atomic E-state index is 12.7. The van der Waals surface area contributed by atoms with Crippen LogP contribution in [0.25, 0.3) is 0 Å². The zero-order valence-corrected chi connectivity index (χ0v) is 13.7. The third-order valence-corrected chi connectivity index (χ3v) is 4.20. The van der Waals surface area contributed by atoms with E-state index >= 15 is 0 Å². The molecule has 0 unspecified atom stereocenters. The second-order valence-corrected chi connectivity index (χ2v) is 5.56. The van der Waals surface area contributed by atoms with Crippen molar-refractivity contribution in [2.45, 2.75) is 38.6 Å². The number of nitrogens with zero attached hydrogens (tertiary/aromatic N) is 2. The molecule has 2 rings (SSSR count). The average molecular weight is 322 g/mol. The summed E-state index contributed by atoms with van der Waals surface area (Å²) in [6, 6.07) is 2.80. The summed E-state index contributed by atoms with van der Waals surface area (Å²) in [5, 5.41) is 11.4. The summed E-state index contributed by atoms with van der Waals surface area (Å²) in [5.74, 6) is 0.229. The molecule has 0 aliphatic heterocycles. The quantitative estimate of drug-likeness (QED) is 0.594. The molecule has 0 atom stereocenters. The van der Waals surface area contributed by atoms with Crippen LogP contribution < -0.4 is 9.47 Å². The van der Waals surface area contributed by atoms with E-state index in [0.29, 0.717) is 12.4 Å². The lowest BCUT2D eigenvalue weighted by molar-refractivity contribution is -0.385. The predicted molar refractivity (Wildman–Crippen MR) is 85.2 cm³/mol. The molecule has 126 valence electrons. The van der Waals surface area contributed by atoms with Crippen LogP contribution in [0.5, 0.6) is 11.5 Å². The summed E-state index contributed by atoms with van der Waals surface area (Å²) in [6.45, 7) is 2.13. The first-order chi connectivity index (χ1) is 11.0. The van der Waals surface area contributed by atoms with Crippen LogP contribution in [-0.4, -0.2) is 42.5 Å². The number of nitro benzene ring substituents is 1. The first kappa shape index (κ1) is 17.1. The van der Waals surface area contributed by atoms with E-state index in [9.17, 15) is 14.9 Å². The van der Waals surface area contributed by atoms with Gasteiger partial charge in [-0.3, -0.25) is 14.9 Å². The smallest absolute Gasteiger partial charge is 0.286 e. The lowest BCUT2D eigenvalue weighted by atomic mass is 10.1. The Morgan fingerprint density at radius 2 is 2.00 bits per heavy atom. The van der Waals surface area contributed by atoms with Gasteiger partial charge >= 0.3 is 0 Å². The maximum Gasteiger partial charge on any atom is 0.286 e. The normalized spacial score (nSPS) is 14.6. The van der Waals surface area contributed by atoms with Gasteiger partial charge in [0.2, 0.25) is 0 Å². The summed E-state index contributed by atoms with van der Waals surface area (Å²) in [7, 11) is 3.14. The average Bonchev–Trinajstić information content (AvgIpc) is 3.07. The third-order valence-electron chi connectivity index (χ3n) is 4.20. The van der Waals surface area contributed by atoms with Crippen molar-refractivity contribution >= 4 is 11.6 Å². The largest absolute Gasteiger partial charge is 0.493 e. The summed E-state index contributed by atoms with van der Waals surface area (Å²) in [5.41, 5.74) is -0.228. The molecule has 0 radical (unpaired) electrons. The van der Waals surface area contributed by atoms with Crippen LogP contribution in [0, 0.1) is 10.1 Å². The van der Waals surface area contributed by atoms with Gasteiger partial charge in [-0.15, -0.1) is 0 Å². The van der Waals surface area contributed by atoms with Gasteiger partial charge in [-0.05, 0) is 19.8 Å². The van der Waals surface area contributed by atoms with E-state index in [1.807, 2.05) is 0 Å². The number of carbonyl (C=O) groups is 1. The van der Waals surface area contributed by atoms with Gasteiger partial charge in [0.15, 0.2) is 11.5 Å². The van der Waals surface area contributed by atoms with Crippen LogP contribution in [0.2, 0.25) is 0 Å². The highest BCUT2D eigenvalue weighted by atomic mass is 16.6. The van der Waals surface area contributed by atoms with Crippen molar-refractivity contribution in [2.75, 3.05) is 20.8 Å². The van der Waals surface area contributed by atoms with E-state index in [-0.39, 0.29) is 28.9 Å². The van der Waals surface area contributed by atoms with E-state index in [0.717, 1.165) is 25.7 Å². The van der Waals surface area contributed by atoms with Crippen molar-refractivity contribution < 1.29 is 19.2 Å². The van der Waals surface area contributed by atoms with Crippen LogP contribution >= 0.6 is 0 Å². The minimum Gasteiger partial charge on any atom is -0.493 e. The van der Waals surface area contributed by atoms with Gasteiger partial charge in [0.1, 0.15) is 5.56 Å². The number of methoxy groups -OCH3 is 1. The topological polar surface area (TPSA) is 81.9 Å². The summed E-state index contributed by atoms with van der Waals surface area (Å²) in [4.78, 5) is 25.1. The molecule has 1 aliphatic rings. The Hall–Kier alpha value is -2.31. The highest BCUT2D eigenvalue weighted by molar-refractivity contribution is 5.99. The van der Waals surface area contributed by atoms with Crippen LogP contribution in [0.4, 0.5) is 5.69 Å². The second-order valence-electron chi connectivity index (χ2n) is 5.56. The molecule has 1 aromatic rings. The van der Waals surface area contributed by atoms with Crippen LogP contribution in [0.1, 0.15) is 43.0 Å². The van der Waals surface area contributed by atoms with E-state index in [4.69, 9.17) is 9.47 Å². The summed E-state index contributed by atoms with van der Waals surface area (Å²) in [6.07, 6.45) is 4.03. The minimum absolute atomic E-state index is 0.0321. The number of ether oxygens (including phenoxy) is 2. The number of rotatable bonds is 6. The van der Waals surface area contributed by atoms with Gasteiger partial charge in [0, 0.05) is 19.2 Å². The summed E-state index contributed by atoms with van der Waals surface area (Å²) < 4.78 is 10.6. The van der Waals surface area contributed by atoms with Crippen molar-refractivity contribution in [3.8, 4) is 11.5 Å². The molecule has 0 heterocycles. The number of nitro groups is 1. The van der Waals surface area contributed by atoms with E-state index in [2.05, 4.69) is 0 Å². The summed E-state index contributed by atoms with van der Waals surface area (Å²) >= 11 is 0. The molecule has 7 nitrogen and oxygen atoms in total. The highest BCUT2D eigenvalue weighted by Crippen LogP contribution is 2.36. The van der Waals surface area contributed by atoms with Crippen LogP contribution in [0.3, 0.4) is 0 Å². The zero-order chi connectivity index (χ0) is 17.0. The Kier molecular flexibility index (Phi) is 5.41. The molecule has 0 N–H and O–H groups in total. The molecule has 23 heavy (non-hydrogen) atoms. The maximum absolute atomic E-state index is 12.7. The fourth-order valence-corrected chi connectivity index (χ4v) is 2.95. The molecular formula is C16H22N2O5. The molecule has 1 aliphatic carbocycles. The first-order valence-corrected chi connectivity index (χ1v) is 7.76. The minimum atomic E-state index is -0.558. The van der Waals surface area contributed by atoms with Gasteiger partial charge in [-0.2, -0.15) is 0 Å². The zero-order valence-electron chi connectivity index (χ0n) is 13.7. The van der Waals surface area contributed by atoms with Gasteiger partial charge in [0.25, 0.3) is 11.6 Å². The predicted octanol–water partition coefficient (Wildman–Crippen LogP) is 3.02. The Morgan fingerprint density at radius 1 is 1.35 bits per heavy atom. The Labute approximate surface area is 135 Å². The fourth-order valence-electron chi connectivity index (χ4n) is 2.95. The van der Waals surface area contributed by atoms with E-state index in [1.54, 1.807) is 18.9 Å². The molecule has 0 spiro atoms. The third kappa shape index (κ3) is 3.55. The highest BCUT2D eigenvalue weighted by Gasteiger charge is 2.30. The van der Waals surface area contributed by atoms with Crippen LogP contribution in [-0.2, 0) is 0 Å². The fraction of sp³-hybridized carbons (Fsp3) is 0.562. The van der Waals surface area contributed by atoms with E-state index in [1.165, 1.54) is 19.2 Å². The van der Waals surface area contributed by atoms with Gasteiger partial charge in [-0.25, -0.2) is 0 Å². The van der Waals surface area contributed by atoms with Crippen molar-refractivity contribution in [3.63, 3.8) is 0 Å². The second kappa shape index (κ2) is 7.30. The lowest BCUT2D eigenvalue weighted by Gasteiger charge is -2.24. The SMILES string of the molecule is CCOc1cc([N+](=O)[O-])c(C(=O)N(C)C2CCCC2)cc1OC. The van der Waals surface area contributed by atoms with Crippen LogP contribution in [0.15, 0.2) is 12.1 Å². The van der Waals surface area contributed by atoms with Crippen molar-refractivity contribution in [1.82, 2.24) is 4.90 Å². The molecule has 0 aromatic heterocycles. The molecular weight excluding hydrogens is 300 g/mol. The number of hydrogen-bond donors (Lipinski definition) is 0. The molecule has 1 fully saturated rings. The molecule has 1 amide bonds. The van der Waals surface area contributed by atoms with Gasteiger partial charge < -0.3 is 14.4 Å². The Balaban J connectivity index is 2.42. The van der Waals surface area contributed by atoms with Crippen molar-refractivity contribution in [2.24, 2.45) is 0 Å². The lowest BCUT2D eigenvalue weighted by Crippen LogP contribution is -2.35. The van der Waals surface area contributed by atoms with Gasteiger partial charge in [-0.1, -0.05) is 12.8 Å². The molecule has 7 heteroatoms. The van der Waals surface area contributed by atoms with Crippen molar-refractivity contribution in [3.05, 3.63) is 27.8 Å². The molecule has 0 saturated heterocycles. The van der Waals surface area contributed by atoms with Gasteiger partial charge in [0.05, 0.1) is 24.7 Å². The Morgan fingerprint density at radius 3 is 2.52 bits per heavy atom. The van der Waals surface area contributed by atoms with E-state index < -0.39 is 4.92 Å². The monoisotopic (exact) mass is 322 g/mol. The number of hydrogen-bond acceptors (Lipinski definition) is 5. The molecule has 1 saturated carbocycles. The van der Waals surface area contributed by atoms with Crippen molar-refractivity contribution in [1.29, 1.82) is 0 Å². The molecule has 0 bridgehead atoms. The number of benzene rings is 1.